The minimum atomic E-state index is -2.95. The topological polar surface area (TPSA) is 66.8 Å². The van der Waals surface area contributed by atoms with Crippen LogP contribution in [-0.4, -0.2) is 23.6 Å². The Morgan fingerprint density at radius 2 is 1.96 bits per heavy atom. The molecule has 0 radical (unpaired) electrons. The third kappa shape index (κ3) is 2.34. The largest absolute Gasteiger partial charge is 0.478 e. The zero-order valence-electron chi connectivity index (χ0n) is 12.9. The lowest BCUT2D eigenvalue weighted by molar-refractivity contribution is -0.119. The van der Waals surface area contributed by atoms with Crippen LogP contribution in [0.2, 0.25) is 0 Å². The van der Waals surface area contributed by atoms with Crippen molar-refractivity contribution in [3.63, 3.8) is 0 Å². The molecule has 2 aliphatic rings. The highest BCUT2D eigenvalue weighted by molar-refractivity contribution is 6.15. The summed E-state index contributed by atoms with van der Waals surface area (Å²) in [5.41, 5.74) is 1.10. The summed E-state index contributed by atoms with van der Waals surface area (Å²) >= 11 is 0. The second kappa shape index (κ2) is 5.27. The van der Waals surface area contributed by atoms with Crippen molar-refractivity contribution in [2.45, 2.75) is 24.9 Å². The monoisotopic (exact) mass is 345 g/mol. The maximum atomic E-state index is 13.0. The van der Waals surface area contributed by atoms with Crippen LogP contribution in [0.5, 0.6) is 5.75 Å². The van der Waals surface area contributed by atoms with Crippen LogP contribution in [0.25, 0.3) is 0 Å². The van der Waals surface area contributed by atoms with E-state index < -0.39 is 18.0 Å². The minimum absolute atomic E-state index is 0.0410. The van der Waals surface area contributed by atoms with Gasteiger partial charge in [0.25, 0.3) is 0 Å². The van der Waals surface area contributed by atoms with E-state index in [-0.39, 0.29) is 17.2 Å². The average Bonchev–Trinajstić information content (AvgIpc) is 3.32. The zero-order valence-corrected chi connectivity index (χ0v) is 12.9. The summed E-state index contributed by atoms with van der Waals surface area (Å²) in [6.45, 7) is -2.95. The Hall–Kier alpha value is -2.96. The van der Waals surface area contributed by atoms with Crippen LogP contribution in [0.3, 0.4) is 0 Å². The fourth-order valence-electron chi connectivity index (χ4n) is 3.35. The molecule has 1 N–H and O–H groups in total. The number of fused-ring (bicyclic) bond motifs is 2. The van der Waals surface area contributed by atoms with Crippen LogP contribution in [0, 0.1) is 0 Å². The van der Waals surface area contributed by atoms with E-state index in [1.54, 1.807) is 12.1 Å². The first kappa shape index (κ1) is 15.6. The first-order chi connectivity index (χ1) is 11.9. The number of alkyl halides is 2. The molecule has 1 amide bonds. The molecule has 128 valence electrons. The van der Waals surface area contributed by atoms with Gasteiger partial charge in [-0.2, -0.15) is 8.78 Å². The van der Waals surface area contributed by atoms with Gasteiger partial charge in [-0.1, -0.05) is 6.07 Å². The van der Waals surface area contributed by atoms with Crippen molar-refractivity contribution in [1.82, 2.24) is 0 Å². The summed E-state index contributed by atoms with van der Waals surface area (Å²) in [5.74, 6) is -1.27. The number of carboxylic acid groups (broad SMARTS) is 1. The molecule has 25 heavy (non-hydrogen) atoms. The molecule has 1 saturated carbocycles. The number of ether oxygens (including phenoxy) is 1. The van der Waals surface area contributed by atoms with Gasteiger partial charge in [0.1, 0.15) is 5.75 Å². The molecule has 0 unspecified atom stereocenters. The summed E-state index contributed by atoms with van der Waals surface area (Å²) < 4.78 is 29.3. The zero-order chi connectivity index (χ0) is 17.8. The van der Waals surface area contributed by atoms with Crippen LogP contribution in [0.4, 0.5) is 20.2 Å². The lowest BCUT2D eigenvalue weighted by Gasteiger charge is -2.19. The van der Waals surface area contributed by atoms with E-state index >= 15 is 0 Å². The predicted octanol–water partition coefficient (Wildman–Crippen LogP) is 3.70. The molecule has 5 nitrogen and oxygen atoms in total. The van der Waals surface area contributed by atoms with E-state index in [2.05, 4.69) is 4.74 Å². The second-order valence-electron chi connectivity index (χ2n) is 6.14. The molecule has 2 aromatic carbocycles. The van der Waals surface area contributed by atoms with E-state index in [1.165, 1.54) is 35.2 Å². The third-order valence-electron chi connectivity index (χ3n) is 4.66. The van der Waals surface area contributed by atoms with Crippen molar-refractivity contribution in [3.05, 3.63) is 53.6 Å². The number of hydrogen-bond donors (Lipinski definition) is 1. The smallest absolute Gasteiger partial charge is 0.387 e. The van der Waals surface area contributed by atoms with Crippen LogP contribution in [0.1, 0.15) is 28.8 Å². The molecule has 1 spiro atoms. The number of carboxylic acids is 1. The second-order valence-corrected chi connectivity index (χ2v) is 6.14. The standard InChI is InChI=1S/C18H13F2NO4/c19-17(20)25-12-3-1-2-11(9-12)21-14-5-4-10(15(22)23)8-13(14)18(6-7-18)16(21)24/h1-5,8-9,17H,6-7H2,(H,22,23). The van der Waals surface area contributed by atoms with Gasteiger partial charge in [-0.3, -0.25) is 9.69 Å². The van der Waals surface area contributed by atoms with Crippen LogP contribution < -0.4 is 9.64 Å². The molecule has 1 fully saturated rings. The molecule has 0 bridgehead atoms. The van der Waals surface area contributed by atoms with Gasteiger partial charge in [0.15, 0.2) is 0 Å². The number of carbonyl (C=O) groups is 2. The van der Waals surface area contributed by atoms with Gasteiger partial charge in [0.2, 0.25) is 5.91 Å². The molecule has 7 heteroatoms. The number of hydrogen-bond acceptors (Lipinski definition) is 3. The van der Waals surface area contributed by atoms with Crippen molar-refractivity contribution in [3.8, 4) is 5.75 Å². The molecule has 2 aromatic rings. The van der Waals surface area contributed by atoms with Gasteiger partial charge in [0, 0.05) is 6.07 Å². The molecule has 0 atom stereocenters. The van der Waals surface area contributed by atoms with E-state index in [9.17, 15) is 23.5 Å². The number of carbonyl (C=O) groups excluding carboxylic acids is 1. The Balaban J connectivity index is 1.80. The number of benzene rings is 2. The normalized spacial score (nSPS) is 17.1. The van der Waals surface area contributed by atoms with Crippen molar-refractivity contribution >= 4 is 23.3 Å². The van der Waals surface area contributed by atoms with Crippen LogP contribution >= 0.6 is 0 Å². The molecular formula is C18H13F2NO4. The molecule has 4 rings (SSSR count). The maximum absolute atomic E-state index is 13.0. The molecule has 1 aliphatic carbocycles. The van der Waals surface area contributed by atoms with Crippen molar-refractivity contribution in [2.24, 2.45) is 0 Å². The highest BCUT2D eigenvalue weighted by Gasteiger charge is 2.59. The minimum Gasteiger partial charge on any atom is -0.478 e. The first-order valence-electron chi connectivity index (χ1n) is 7.70. The number of amides is 1. The summed E-state index contributed by atoms with van der Waals surface area (Å²) in [4.78, 5) is 25.6. The van der Waals surface area contributed by atoms with E-state index in [0.29, 0.717) is 29.8 Å². The highest BCUT2D eigenvalue weighted by Crippen LogP contribution is 2.59. The molecular weight excluding hydrogens is 332 g/mol. The Kier molecular flexibility index (Phi) is 3.28. The van der Waals surface area contributed by atoms with Crippen LogP contribution in [0.15, 0.2) is 42.5 Å². The number of nitrogens with zero attached hydrogens (tertiary/aromatic N) is 1. The lowest BCUT2D eigenvalue weighted by atomic mass is 9.96. The highest BCUT2D eigenvalue weighted by atomic mass is 19.3. The fourth-order valence-corrected chi connectivity index (χ4v) is 3.35. The summed E-state index contributed by atoms with van der Waals surface area (Å²) in [7, 11) is 0. The van der Waals surface area contributed by atoms with Gasteiger partial charge < -0.3 is 9.84 Å². The van der Waals surface area contributed by atoms with Crippen LogP contribution in [-0.2, 0) is 10.2 Å². The number of aromatic carboxylic acids is 1. The molecule has 1 aliphatic heterocycles. The van der Waals surface area contributed by atoms with E-state index in [0.717, 1.165) is 0 Å². The Bertz CT molecular complexity index is 892. The van der Waals surface area contributed by atoms with Gasteiger partial charge in [0.05, 0.1) is 22.4 Å². The number of rotatable bonds is 4. The molecule has 0 aromatic heterocycles. The SMILES string of the molecule is O=C(O)c1ccc2c(c1)C1(CC1)C(=O)N2c1cccc(OC(F)F)c1. The number of halogens is 2. The Labute approximate surface area is 141 Å². The summed E-state index contributed by atoms with van der Waals surface area (Å²) in [6, 6.07) is 10.5. The van der Waals surface area contributed by atoms with Crippen molar-refractivity contribution in [1.29, 1.82) is 0 Å². The molecule has 1 heterocycles. The predicted molar refractivity (Wildman–Crippen MR) is 84.5 cm³/mol. The van der Waals surface area contributed by atoms with Gasteiger partial charge in [-0.25, -0.2) is 4.79 Å². The van der Waals surface area contributed by atoms with Gasteiger partial charge in [-0.15, -0.1) is 0 Å². The lowest BCUT2D eigenvalue weighted by Crippen LogP contribution is -2.27. The van der Waals surface area contributed by atoms with E-state index in [1.807, 2.05) is 0 Å². The first-order valence-corrected chi connectivity index (χ1v) is 7.70. The Morgan fingerprint density at radius 1 is 1.20 bits per heavy atom. The third-order valence-corrected chi connectivity index (χ3v) is 4.66. The summed E-state index contributed by atoms with van der Waals surface area (Å²) in [5, 5.41) is 9.19. The van der Waals surface area contributed by atoms with Gasteiger partial charge in [-0.05, 0) is 48.7 Å². The molecule has 0 saturated heterocycles. The maximum Gasteiger partial charge on any atom is 0.387 e. The fraction of sp³-hybridized carbons (Fsp3) is 0.222. The number of anilines is 2. The van der Waals surface area contributed by atoms with Gasteiger partial charge >= 0.3 is 12.6 Å². The summed E-state index contributed by atoms with van der Waals surface area (Å²) in [6.07, 6.45) is 1.29. The Morgan fingerprint density at radius 3 is 2.60 bits per heavy atom. The van der Waals surface area contributed by atoms with E-state index in [4.69, 9.17) is 0 Å². The van der Waals surface area contributed by atoms with Crippen molar-refractivity contribution in [2.75, 3.05) is 4.90 Å². The average molecular weight is 345 g/mol. The quantitative estimate of drug-likeness (QED) is 0.918. The van der Waals surface area contributed by atoms with Crippen molar-refractivity contribution < 1.29 is 28.2 Å².